The predicted molar refractivity (Wildman–Crippen MR) is 109 cm³/mol. The summed E-state index contributed by atoms with van der Waals surface area (Å²) in [6.45, 7) is 0. The molecule has 1 N–H and O–H groups in total. The number of hydrogen-bond acceptors (Lipinski definition) is 3. The Morgan fingerprint density at radius 3 is 2.48 bits per heavy atom. The number of imidazole rings is 1. The van der Waals surface area contributed by atoms with E-state index >= 15 is 0 Å². The van der Waals surface area contributed by atoms with Crippen molar-refractivity contribution < 1.29 is 8.78 Å². The summed E-state index contributed by atoms with van der Waals surface area (Å²) in [5.41, 5.74) is 2.81. The molecule has 0 atom stereocenters. The standard InChI is InChI=1S/C22H23F2N5/c1-25-17-5-3-13(4-6-17)20-12-29-11-15(9-19(24)22(29)26-20)14-7-16-10-28(2)27-21(16)18(23)8-14/h7-13,17,25H,3-6H2,1-2H3. The average Bonchev–Trinajstić information content (AvgIpc) is 3.31. The molecule has 1 saturated carbocycles. The van der Waals surface area contributed by atoms with Crippen LogP contribution in [-0.2, 0) is 7.05 Å². The summed E-state index contributed by atoms with van der Waals surface area (Å²) in [5, 5.41) is 8.15. The first-order chi connectivity index (χ1) is 14.0. The molecule has 7 heteroatoms. The molecule has 0 spiro atoms. The van der Waals surface area contributed by atoms with Gasteiger partial charge in [0.05, 0.1) is 5.69 Å². The summed E-state index contributed by atoms with van der Waals surface area (Å²) in [7, 11) is 3.75. The zero-order valence-electron chi connectivity index (χ0n) is 16.5. The Morgan fingerprint density at radius 2 is 1.72 bits per heavy atom. The molecule has 4 aromatic rings. The molecule has 0 bridgehead atoms. The van der Waals surface area contributed by atoms with Crippen LogP contribution in [0.3, 0.4) is 0 Å². The van der Waals surface area contributed by atoms with E-state index in [1.165, 1.54) is 12.1 Å². The van der Waals surface area contributed by atoms with Crippen LogP contribution in [-0.4, -0.2) is 32.3 Å². The molecule has 29 heavy (non-hydrogen) atoms. The number of rotatable bonds is 3. The van der Waals surface area contributed by atoms with Crippen molar-refractivity contribution in [3.63, 3.8) is 0 Å². The molecule has 3 heterocycles. The average molecular weight is 395 g/mol. The molecule has 0 amide bonds. The van der Waals surface area contributed by atoms with Gasteiger partial charge in [0.15, 0.2) is 17.3 Å². The molecule has 150 valence electrons. The van der Waals surface area contributed by atoms with Gasteiger partial charge in [-0.25, -0.2) is 13.8 Å². The van der Waals surface area contributed by atoms with Crippen molar-refractivity contribution in [1.82, 2.24) is 24.5 Å². The van der Waals surface area contributed by atoms with Gasteiger partial charge < -0.3 is 9.72 Å². The normalized spacial score (nSPS) is 20.0. The van der Waals surface area contributed by atoms with Crippen LogP contribution in [0.25, 0.3) is 27.7 Å². The molecule has 5 nitrogen and oxygen atoms in total. The maximum absolute atomic E-state index is 14.8. The van der Waals surface area contributed by atoms with Crippen LogP contribution in [0.5, 0.6) is 0 Å². The van der Waals surface area contributed by atoms with Gasteiger partial charge in [0, 0.05) is 48.5 Å². The minimum atomic E-state index is -0.411. The lowest BCUT2D eigenvalue weighted by Crippen LogP contribution is -2.29. The topological polar surface area (TPSA) is 47.1 Å². The van der Waals surface area contributed by atoms with Crippen LogP contribution in [0.4, 0.5) is 8.78 Å². The van der Waals surface area contributed by atoms with Crippen LogP contribution in [0.1, 0.15) is 37.3 Å². The number of hydrogen-bond donors (Lipinski definition) is 1. The van der Waals surface area contributed by atoms with Crippen molar-refractivity contribution in [3.8, 4) is 11.1 Å². The fraction of sp³-hybridized carbons (Fsp3) is 0.364. The van der Waals surface area contributed by atoms with Crippen molar-refractivity contribution in [3.05, 3.63) is 54.1 Å². The van der Waals surface area contributed by atoms with E-state index in [2.05, 4.69) is 15.4 Å². The van der Waals surface area contributed by atoms with Crippen LogP contribution in [0.2, 0.25) is 0 Å². The van der Waals surface area contributed by atoms with E-state index in [0.29, 0.717) is 39.6 Å². The highest BCUT2D eigenvalue weighted by Gasteiger charge is 2.24. The highest BCUT2D eigenvalue weighted by molar-refractivity contribution is 5.84. The third-order valence-corrected chi connectivity index (χ3v) is 6.09. The summed E-state index contributed by atoms with van der Waals surface area (Å²) in [6.07, 6.45) is 9.81. The smallest absolute Gasteiger partial charge is 0.173 e. The zero-order chi connectivity index (χ0) is 20.1. The van der Waals surface area contributed by atoms with E-state index in [4.69, 9.17) is 0 Å². The summed E-state index contributed by atoms with van der Waals surface area (Å²) in [5.74, 6) is -0.456. The lowest BCUT2D eigenvalue weighted by Gasteiger charge is -2.26. The molecule has 1 aliphatic carbocycles. The number of nitrogens with zero attached hydrogens (tertiary/aromatic N) is 4. The number of aryl methyl sites for hydroxylation is 1. The monoisotopic (exact) mass is 395 g/mol. The number of fused-ring (bicyclic) bond motifs is 2. The molecule has 1 fully saturated rings. The lowest BCUT2D eigenvalue weighted by atomic mass is 9.84. The Kier molecular flexibility index (Phi) is 4.35. The van der Waals surface area contributed by atoms with Gasteiger partial charge in [-0.1, -0.05) is 0 Å². The molecule has 0 radical (unpaired) electrons. The van der Waals surface area contributed by atoms with Crippen molar-refractivity contribution in [2.75, 3.05) is 7.05 Å². The molecule has 1 aromatic carbocycles. The van der Waals surface area contributed by atoms with E-state index in [9.17, 15) is 8.78 Å². The summed E-state index contributed by atoms with van der Waals surface area (Å²) in [6, 6.07) is 5.24. The maximum Gasteiger partial charge on any atom is 0.173 e. The Labute approximate surface area is 167 Å². The van der Waals surface area contributed by atoms with Gasteiger partial charge in [-0.05, 0) is 56.5 Å². The Balaban J connectivity index is 1.53. The third-order valence-electron chi connectivity index (χ3n) is 6.09. The Morgan fingerprint density at radius 1 is 0.966 bits per heavy atom. The van der Waals surface area contributed by atoms with Gasteiger partial charge in [-0.15, -0.1) is 0 Å². The summed E-state index contributed by atoms with van der Waals surface area (Å²) >= 11 is 0. The van der Waals surface area contributed by atoms with Crippen molar-refractivity contribution >= 4 is 16.6 Å². The van der Waals surface area contributed by atoms with E-state index in [1.54, 1.807) is 22.3 Å². The SMILES string of the molecule is CNC1CCC(c2cn3cc(-c4cc(F)c5nn(C)cc5c4)cc(F)c3n2)CC1. The molecule has 0 aliphatic heterocycles. The first kappa shape index (κ1) is 18.2. The van der Waals surface area contributed by atoms with E-state index < -0.39 is 11.6 Å². The second-order valence-corrected chi connectivity index (χ2v) is 8.01. The number of nitrogens with one attached hydrogen (secondary N) is 1. The largest absolute Gasteiger partial charge is 0.317 e. The minimum Gasteiger partial charge on any atom is -0.317 e. The molecule has 0 saturated heterocycles. The number of pyridine rings is 1. The second-order valence-electron chi connectivity index (χ2n) is 8.01. The third kappa shape index (κ3) is 3.19. The first-order valence-corrected chi connectivity index (χ1v) is 10.0. The maximum atomic E-state index is 14.8. The molecular formula is C22H23F2N5. The number of aromatic nitrogens is 4. The van der Waals surface area contributed by atoms with Gasteiger partial charge in [0.2, 0.25) is 0 Å². The molecule has 3 aromatic heterocycles. The Hall–Kier alpha value is -2.80. The highest BCUT2D eigenvalue weighted by atomic mass is 19.1. The predicted octanol–water partition coefficient (Wildman–Crippen LogP) is 4.41. The molecule has 1 aliphatic rings. The number of benzene rings is 1. The highest BCUT2D eigenvalue weighted by Crippen LogP contribution is 2.33. The Bertz CT molecular complexity index is 1200. The van der Waals surface area contributed by atoms with Gasteiger partial charge in [0.1, 0.15) is 5.52 Å². The van der Waals surface area contributed by atoms with Crippen molar-refractivity contribution in [2.45, 2.75) is 37.6 Å². The summed E-state index contributed by atoms with van der Waals surface area (Å²) in [4.78, 5) is 4.57. The van der Waals surface area contributed by atoms with Gasteiger partial charge in [-0.2, -0.15) is 5.10 Å². The van der Waals surface area contributed by atoms with Crippen molar-refractivity contribution in [2.24, 2.45) is 7.05 Å². The van der Waals surface area contributed by atoms with Gasteiger partial charge in [-0.3, -0.25) is 4.68 Å². The fourth-order valence-corrected chi connectivity index (χ4v) is 4.49. The van der Waals surface area contributed by atoms with Crippen LogP contribution >= 0.6 is 0 Å². The number of halogens is 2. The van der Waals surface area contributed by atoms with Gasteiger partial charge >= 0.3 is 0 Å². The quantitative estimate of drug-likeness (QED) is 0.559. The van der Waals surface area contributed by atoms with Gasteiger partial charge in [0.25, 0.3) is 0 Å². The molecule has 5 rings (SSSR count). The van der Waals surface area contributed by atoms with E-state index in [-0.39, 0.29) is 0 Å². The first-order valence-electron chi connectivity index (χ1n) is 10.0. The van der Waals surface area contributed by atoms with Crippen LogP contribution in [0.15, 0.2) is 36.8 Å². The van der Waals surface area contributed by atoms with E-state index in [0.717, 1.165) is 31.4 Å². The minimum absolute atomic E-state index is 0.319. The fourth-order valence-electron chi connectivity index (χ4n) is 4.49. The molecular weight excluding hydrogens is 372 g/mol. The summed E-state index contributed by atoms with van der Waals surface area (Å²) < 4.78 is 32.6. The zero-order valence-corrected chi connectivity index (χ0v) is 16.5. The van der Waals surface area contributed by atoms with E-state index in [1.807, 2.05) is 25.5 Å². The van der Waals surface area contributed by atoms with Crippen molar-refractivity contribution in [1.29, 1.82) is 0 Å². The van der Waals surface area contributed by atoms with Crippen LogP contribution in [0, 0.1) is 11.6 Å². The lowest BCUT2D eigenvalue weighted by molar-refractivity contribution is 0.355. The van der Waals surface area contributed by atoms with Crippen LogP contribution < -0.4 is 5.32 Å². The second kappa shape index (κ2) is 6.91. The molecule has 0 unspecified atom stereocenters.